The normalized spacial score (nSPS) is 16.9. The molecule has 0 bridgehead atoms. The fourth-order valence-corrected chi connectivity index (χ4v) is 3.60. The van der Waals surface area contributed by atoms with E-state index >= 15 is 0 Å². The van der Waals surface area contributed by atoms with Crippen molar-refractivity contribution in [3.63, 3.8) is 0 Å². The Labute approximate surface area is 141 Å². The smallest absolute Gasteiger partial charge is 0.154 e. The van der Waals surface area contributed by atoms with Crippen molar-refractivity contribution in [2.75, 3.05) is 18.0 Å². The lowest BCUT2D eigenvalue weighted by atomic mass is 9.74. The van der Waals surface area contributed by atoms with E-state index in [4.69, 9.17) is 0 Å². The number of aryl methyl sites for hydroxylation is 1. The molecule has 0 spiro atoms. The molecule has 1 saturated heterocycles. The number of piperidine rings is 1. The monoisotopic (exact) mass is 317 g/mol. The minimum atomic E-state index is -0.390. The van der Waals surface area contributed by atoms with E-state index in [2.05, 4.69) is 39.3 Å². The molecule has 120 valence electrons. The summed E-state index contributed by atoms with van der Waals surface area (Å²) in [7, 11) is 0. The van der Waals surface area contributed by atoms with Crippen LogP contribution in [0.4, 0.5) is 5.82 Å². The quantitative estimate of drug-likeness (QED) is 0.729. The Morgan fingerprint density at radius 2 is 1.92 bits per heavy atom. The zero-order valence-electron chi connectivity index (χ0n) is 13.7. The van der Waals surface area contributed by atoms with Crippen LogP contribution in [0.5, 0.6) is 0 Å². The fourth-order valence-electron chi connectivity index (χ4n) is 3.60. The van der Waals surface area contributed by atoms with Gasteiger partial charge in [-0.05, 0) is 31.4 Å². The Balaban J connectivity index is 1.63. The van der Waals surface area contributed by atoms with Crippen LogP contribution in [-0.2, 0) is 5.41 Å². The lowest BCUT2D eigenvalue weighted by Gasteiger charge is -2.38. The van der Waals surface area contributed by atoms with E-state index in [9.17, 15) is 5.26 Å². The summed E-state index contributed by atoms with van der Waals surface area (Å²) in [5.74, 6) is 0.956. The standard InChI is InChI=1S/C19H19N5/c1-15-13-17-18(21-9-12-24(17)22-15)23-10-7-19(14-20,8-11-23)16-5-3-2-4-6-16/h2-6,9,12-13H,7-8,10-11H2,1H3. The average Bonchev–Trinajstić information content (AvgIpc) is 3.03. The van der Waals surface area contributed by atoms with E-state index in [0.717, 1.165) is 48.5 Å². The fraction of sp³-hybridized carbons (Fsp3) is 0.316. The minimum Gasteiger partial charge on any atom is -0.355 e. The molecule has 2 aromatic heterocycles. The molecule has 0 N–H and O–H groups in total. The largest absolute Gasteiger partial charge is 0.355 e. The van der Waals surface area contributed by atoms with Crippen molar-refractivity contribution in [1.29, 1.82) is 5.26 Å². The molecule has 1 aromatic carbocycles. The van der Waals surface area contributed by atoms with Crippen LogP contribution in [0.15, 0.2) is 48.8 Å². The maximum atomic E-state index is 9.83. The molecule has 1 aliphatic heterocycles. The van der Waals surface area contributed by atoms with E-state index < -0.39 is 0 Å². The number of rotatable bonds is 2. The number of hydrogen-bond acceptors (Lipinski definition) is 4. The van der Waals surface area contributed by atoms with Gasteiger partial charge in [0.1, 0.15) is 5.52 Å². The van der Waals surface area contributed by atoms with Gasteiger partial charge in [0.05, 0.1) is 17.2 Å². The second kappa shape index (κ2) is 5.64. The molecule has 0 aliphatic carbocycles. The third-order valence-corrected chi connectivity index (χ3v) is 4.95. The van der Waals surface area contributed by atoms with Crippen LogP contribution in [0.1, 0.15) is 24.1 Å². The van der Waals surface area contributed by atoms with E-state index in [0.29, 0.717) is 0 Å². The zero-order valence-corrected chi connectivity index (χ0v) is 13.7. The molecule has 24 heavy (non-hydrogen) atoms. The third kappa shape index (κ3) is 2.31. The summed E-state index contributed by atoms with van der Waals surface area (Å²) < 4.78 is 1.88. The number of anilines is 1. The highest BCUT2D eigenvalue weighted by atomic mass is 15.3. The van der Waals surface area contributed by atoms with Gasteiger partial charge in [0.2, 0.25) is 0 Å². The topological polar surface area (TPSA) is 57.2 Å². The summed E-state index contributed by atoms with van der Waals surface area (Å²) in [4.78, 5) is 6.85. The van der Waals surface area contributed by atoms with Gasteiger partial charge in [-0.2, -0.15) is 10.4 Å². The highest BCUT2D eigenvalue weighted by molar-refractivity contribution is 5.69. The molecule has 1 fully saturated rings. The van der Waals surface area contributed by atoms with Crippen molar-refractivity contribution in [1.82, 2.24) is 14.6 Å². The second-order valence-corrected chi connectivity index (χ2v) is 6.41. The van der Waals surface area contributed by atoms with Gasteiger partial charge in [-0.15, -0.1) is 0 Å². The number of nitrogens with zero attached hydrogens (tertiary/aromatic N) is 5. The van der Waals surface area contributed by atoms with Gasteiger partial charge in [-0.3, -0.25) is 0 Å². The number of nitriles is 1. The molecule has 4 rings (SSSR count). The number of hydrogen-bond donors (Lipinski definition) is 0. The van der Waals surface area contributed by atoms with Gasteiger partial charge in [0.25, 0.3) is 0 Å². The molecule has 0 atom stereocenters. The van der Waals surface area contributed by atoms with Gasteiger partial charge >= 0.3 is 0 Å². The Bertz CT molecular complexity index is 898. The first-order valence-corrected chi connectivity index (χ1v) is 8.25. The van der Waals surface area contributed by atoms with Crippen molar-refractivity contribution < 1.29 is 0 Å². The van der Waals surface area contributed by atoms with Crippen molar-refractivity contribution in [3.8, 4) is 6.07 Å². The lowest BCUT2D eigenvalue weighted by molar-refractivity contribution is 0.414. The Kier molecular flexibility index (Phi) is 3.46. The molecule has 5 nitrogen and oxygen atoms in total. The molecular weight excluding hydrogens is 298 g/mol. The SMILES string of the molecule is Cc1cc2c(N3CCC(C#N)(c4ccccc4)CC3)nccn2n1. The van der Waals surface area contributed by atoms with Crippen molar-refractivity contribution in [2.45, 2.75) is 25.2 Å². The number of benzene rings is 1. The molecule has 5 heteroatoms. The lowest BCUT2D eigenvalue weighted by Crippen LogP contribution is -2.42. The Morgan fingerprint density at radius 1 is 1.17 bits per heavy atom. The molecule has 0 amide bonds. The van der Waals surface area contributed by atoms with Gasteiger partial charge in [-0.25, -0.2) is 9.50 Å². The average molecular weight is 317 g/mol. The van der Waals surface area contributed by atoms with Crippen LogP contribution < -0.4 is 4.90 Å². The zero-order chi connectivity index (χ0) is 16.6. The first kappa shape index (κ1) is 14.7. The van der Waals surface area contributed by atoms with Gasteiger partial charge in [0.15, 0.2) is 5.82 Å². The van der Waals surface area contributed by atoms with Crippen LogP contribution in [0, 0.1) is 18.3 Å². The molecule has 3 aromatic rings. The van der Waals surface area contributed by atoms with E-state index in [-0.39, 0.29) is 5.41 Å². The predicted molar refractivity (Wildman–Crippen MR) is 92.9 cm³/mol. The highest BCUT2D eigenvalue weighted by Crippen LogP contribution is 2.36. The Morgan fingerprint density at radius 3 is 2.62 bits per heavy atom. The van der Waals surface area contributed by atoms with E-state index in [1.54, 1.807) is 6.20 Å². The summed E-state index contributed by atoms with van der Waals surface area (Å²) >= 11 is 0. The summed E-state index contributed by atoms with van der Waals surface area (Å²) in [6.07, 6.45) is 5.28. The minimum absolute atomic E-state index is 0.390. The molecule has 0 radical (unpaired) electrons. The van der Waals surface area contributed by atoms with Crippen LogP contribution in [0.3, 0.4) is 0 Å². The van der Waals surface area contributed by atoms with Crippen LogP contribution >= 0.6 is 0 Å². The molecule has 0 unspecified atom stereocenters. The third-order valence-electron chi connectivity index (χ3n) is 4.95. The van der Waals surface area contributed by atoms with Crippen molar-refractivity contribution in [2.24, 2.45) is 0 Å². The summed E-state index contributed by atoms with van der Waals surface area (Å²) in [5.41, 5.74) is 2.74. The summed E-state index contributed by atoms with van der Waals surface area (Å²) in [6, 6.07) is 14.8. The number of fused-ring (bicyclic) bond motifs is 1. The maximum absolute atomic E-state index is 9.83. The van der Waals surface area contributed by atoms with Gasteiger partial charge in [0, 0.05) is 25.5 Å². The molecule has 1 aliphatic rings. The first-order chi connectivity index (χ1) is 11.7. The maximum Gasteiger partial charge on any atom is 0.154 e. The van der Waals surface area contributed by atoms with Gasteiger partial charge in [-0.1, -0.05) is 30.3 Å². The van der Waals surface area contributed by atoms with Crippen molar-refractivity contribution >= 4 is 11.3 Å². The van der Waals surface area contributed by atoms with Crippen LogP contribution in [0.2, 0.25) is 0 Å². The van der Waals surface area contributed by atoms with Crippen LogP contribution in [-0.4, -0.2) is 27.7 Å². The summed E-state index contributed by atoms with van der Waals surface area (Å²) in [6.45, 7) is 3.63. The second-order valence-electron chi connectivity index (χ2n) is 6.41. The molecular formula is C19H19N5. The Hall–Kier alpha value is -2.87. The molecule has 3 heterocycles. The van der Waals surface area contributed by atoms with E-state index in [1.165, 1.54) is 0 Å². The van der Waals surface area contributed by atoms with Crippen molar-refractivity contribution in [3.05, 3.63) is 60.0 Å². The predicted octanol–water partition coefficient (Wildman–Crippen LogP) is 3.10. The molecule has 0 saturated carbocycles. The highest BCUT2D eigenvalue weighted by Gasteiger charge is 2.37. The van der Waals surface area contributed by atoms with E-state index in [1.807, 2.05) is 35.8 Å². The van der Waals surface area contributed by atoms with Crippen LogP contribution in [0.25, 0.3) is 5.52 Å². The number of aromatic nitrogens is 3. The van der Waals surface area contributed by atoms with Gasteiger partial charge < -0.3 is 4.90 Å². The summed E-state index contributed by atoms with van der Waals surface area (Å²) in [5, 5.41) is 14.3. The first-order valence-electron chi connectivity index (χ1n) is 8.25.